The summed E-state index contributed by atoms with van der Waals surface area (Å²) in [5.74, 6) is -0.0871. The first kappa shape index (κ1) is 18.2. The van der Waals surface area contributed by atoms with Gasteiger partial charge in [0.15, 0.2) is 0 Å². The van der Waals surface area contributed by atoms with Crippen LogP contribution < -0.4 is 15.0 Å². The highest BCUT2D eigenvalue weighted by molar-refractivity contribution is 6.30. The maximum Gasteiger partial charge on any atom is 0.227 e. The minimum Gasteiger partial charge on any atom is -0.478 e. The average molecular weight is 374 g/mol. The lowest BCUT2D eigenvalue weighted by atomic mass is 10.1. The maximum absolute atomic E-state index is 12.5. The number of nitrogens with one attached hydrogen (secondary N) is 1. The van der Waals surface area contributed by atoms with Gasteiger partial charge in [0.1, 0.15) is 0 Å². The van der Waals surface area contributed by atoms with E-state index in [9.17, 15) is 9.59 Å². The van der Waals surface area contributed by atoms with E-state index in [-0.39, 0.29) is 24.2 Å². The number of carbonyl (C=O) groups excluding carboxylic acids is 2. The highest BCUT2D eigenvalue weighted by Gasteiger charge is 2.35. The number of nitrogens with zero attached hydrogens (tertiary/aromatic N) is 2. The van der Waals surface area contributed by atoms with Crippen molar-refractivity contribution in [3.8, 4) is 5.88 Å². The van der Waals surface area contributed by atoms with Crippen LogP contribution in [-0.2, 0) is 16.1 Å². The monoisotopic (exact) mass is 373 g/mol. The summed E-state index contributed by atoms with van der Waals surface area (Å²) in [6.07, 6.45) is 1.84. The molecule has 0 bridgehead atoms. The van der Waals surface area contributed by atoms with Crippen molar-refractivity contribution in [1.29, 1.82) is 0 Å². The van der Waals surface area contributed by atoms with Gasteiger partial charge in [-0.2, -0.15) is 0 Å². The Hall–Kier alpha value is -2.60. The topological polar surface area (TPSA) is 71.5 Å². The second-order valence-corrected chi connectivity index (χ2v) is 6.44. The summed E-state index contributed by atoms with van der Waals surface area (Å²) >= 11 is 5.89. The van der Waals surface area contributed by atoms with Crippen LogP contribution in [0.15, 0.2) is 42.6 Å². The molecule has 0 aliphatic carbocycles. The van der Waals surface area contributed by atoms with Gasteiger partial charge in [0, 0.05) is 42.0 Å². The Bertz CT molecular complexity index is 795. The van der Waals surface area contributed by atoms with Crippen LogP contribution in [0.3, 0.4) is 0 Å². The van der Waals surface area contributed by atoms with Gasteiger partial charge in [0.05, 0.1) is 12.5 Å². The predicted molar refractivity (Wildman–Crippen MR) is 99.2 cm³/mol. The number of pyridine rings is 1. The summed E-state index contributed by atoms with van der Waals surface area (Å²) in [5.41, 5.74) is 1.56. The number of halogens is 1. The Morgan fingerprint density at radius 2 is 2.12 bits per heavy atom. The lowest BCUT2D eigenvalue weighted by Gasteiger charge is -2.17. The van der Waals surface area contributed by atoms with Crippen molar-refractivity contribution < 1.29 is 14.3 Å². The Labute approximate surface area is 157 Å². The van der Waals surface area contributed by atoms with Gasteiger partial charge in [-0.05, 0) is 37.3 Å². The first-order valence-corrected chi connectivity index (χ1v) is 8.86. The second kappa shape index (κ2) is 8.19. The molecule has 2 amide bonds. The quantitative estimate of drug-likeness (QED) is 0.845. The molecular formula is C19H20ClN3O3. The first-order chi connectivity index (χ1) is 12.6. The molecule has 1 aliphatic heterocycles. The van der Waals surface area contributed by atoms with Crippen molar-refractivity contribution >= 4 is 29.1 Å². The molecule has 136 valence electrons. The predicted octanol–water partition coefficient (Wildman–Crippen LogP) is 2.80. The molecule has 7 heteroatoms. The van der Waals surface area contributed by atoms with Crippen LogP contribution in [0.1, 0.15) is 18.9 Å². The smallest absolute Gasteiger partial charge is 0.227 e. The van der Waals surface area contributed by atoms with Gasteiger partial charge in [-0.1, -0.05) is 17.7 Å². The molecule has 1 atom stereocenters. The van der Waals surface area contributed by atoms with Crippen molar-refractivity contribution in [3.05, 3.63) is 53.2 Å². The first-order valence-electron chi connectivity index (χ1n) is 8.48. The van der Waals surface area contributed by atoms with Crippen molar-refractivity contribution in [3.63, 3.8) is 0 Å². The number of rotatable bonds is 6. The van der Waals surface area contributed by atoms with Gasteiger partial charge in [-0.3, -0.25) is 9.59 Å². The van der Waals surface area contributed by atoms with E-state index in [1.165, 1.54) is 0 Å². The number of aromatic nitrogens is 1. The Morgan fingerprint density at radius 3 is 2.85 bits per heavy atom. The average Bonchev–Trinajstić information content (AvgIpc) is 3.03. The molecule has 1 saturated heterocycles. The summed E-state index contributed by atoms with van der Waals surface area (Å²) in [5, 5.41) is 3.49. The summed E-state index contributed by atoms with van der Waals surface area (Å²) in [4.78, 5) is 30.6. The molecule has 2 heterocycles. The molecular weight excluding hydrogens is 354 g/mol. The third-order valence-electron chi connectivity index (χ3n) is 4.22. The van der Waals surface area contributed by atoms with Gasteiger partial charge < -0.3 is 15.0 Å². The lowest BCUT2D eigenvalue weighted by molar-refractivity contribution is -0.126. The minimum atomic E-state index is -0.384. The van der Waals surface area contributed by atoms with E-state index < -0.39 is 0 Å². The fourth-order valence-electron chi connectivity index (χ4n) is 2.91. The van der Waals surface area contributed by atoms with Crippen molar-refractivity contribution in [2.45, 2.75) is 19.9 Å². The Kier molecular flexibility index (Phi) is 5.73. The number of hydrogen-bond acceptors (Lipinski definition) is 4. The summed E-state index contributed by atoms with van der Waals surface area (Å²) in [7, 11) is 0. The molecule has 26 heavy (non-hydrogen) atoms. The van der Waals surface area contributed by atoms with Crippen LogP contribution in [-0.4, -0.2) is 29.9 Å². The number of anilines is 1. The third-order valence-corrected chi connectivity index (χ3v) is 4.47. The Morgan fingerprint density at radius 1 is 1.35 bits per heavy atom. The molecule has 1 unspecified atom stereocenters. The van der Waals surface area contributed by atoms with E-state index in [4.69, 9.17) is 16.3 Å². The van der Waals surface area contributed by atoms with E-state index in [2.05, 4.69) is 10.3 Å². The van der Waals surface area contributed by atoms with Gasteiger partial charge >= 0.3 is 0 Å². The summed E-state index contributed by atoms with van der Waals surface area (Å²) in [6, 6.07) is 10.7. The largest absolute Gasteiger partial charge is 0.478 e. The molecule has 0 spiro atoms. The zero-order chi connectivity index (χ0) is 18.5. The number of carbonyl (C=O) groups is 2. The van der Waals surface area contributed by atoms with Crippen molar-refractivity contribution in [1.82, 2.24) is 10.3 Å². The third kappa shape index (κ3) is 4.14. The molecule has 3 rings (SSSR count). The van der Waals surface area contributed by atoms with Crippen LogP contribution in [0.4, 0.5) is 5.69 Å². The van der Waals surface area contributed by atoms with Crippen LogP contribution in [0.5, 0.6) is 5.88 Å². The molecule has 2 aromatic rings. The van der Waals surface area contributed by atoms with Gasteiger partial charge in [-0.15, -0.1) is 0 Å². The minimum absolute atomic E-state index is 0.0659. The summed E-state index contributed by atoms with van der Waals surface area (Å²) in [6.45, 7) is 3.06. The van der Waals surface area contributed by atoms with E-state index in [0.29, 0.717) is 30.6 Å². The number of ether oxygens (including phenoxy) is 1. The van der Waals surface area contributed by atoms with Crippen LogP contribution in [0, 0.1) is 5.92 Å². The number of hydrogen-bond donors (Lipinski definition) is 1. The highest BCUT2D eigenvalue weighted by Crippen LogP contribution is 2.26. The van der Waals surface area contributed by atoms with Gasteiger partial charge in [0.25, 0.3) is 0 Å². The van der Waals surface area contributed by atoms with Crippen LogP contribution >= 0.6 is 11.6 Å². The zero-order valence-electron chi connectivity index (χ0n) is 14.4. The zero-order valence-corrected chi connectivity index (χ0v) is 15.2. The van der Waals surface area contributed by atoms with E-state index >= 15 is 0 Å². The number of amides is 2. The normalized spacial score (nSPS) is 16.6. The molecule has 6 nitrogen and oxygen atoms in total. The van der Waals surface area contributed by atoms with E-state index in [1.807, 2.05) is 13.0 Å². The standard InChI is InChI=1S/C19H20ClN3O3/c1-2-26-19-13(4-3-9-21-19)11-22-18(25)14-10-17(24)23(12-14)16-7-5-15(20)6-8-16/h3-9,14H,2,10-12H2,1H3,(H,22,25). The molecule has 1 aliphatic rings. The van der Waals surface area contributed by atoms with Crippen molar-refractivity contribution in [2.24, 2.45) is 5.92 Å². The van der Waals surface area contributed by atoms with Gasteiger partial charge in [0.2, 0.25) is 17.7 Å². The molecule has 0 saturated carbocycles. The molecule has 0 radical (unpaired) electrons. The Balaban J connectivity index is 1.61. The van der Waals surface area contributed by atoms with Crippen LogP contribution in [0.25, 0.3) is 0 Å². The fourth-order valence-corrected chi connectivity index (χ4v) is 3.03. The van der Waals surface area contributed by atoms with Gasteiger partial charge in [-0.25, -0.2) is 4.98 Å². The highest BCUT2D eigenvalue weighted by atomic mass is 35.5. The number of benzene rings is 1. The van der Waals surface area contributed by atoms with E-state index in [0.717, 1.165) is 11.3 Å². The fraction of sp³-hybridized carbons (Fsp3) is 0.316. The van der Waals surface area contributed by atoms with Crippen LogP contribution in [0.2, 0.25) is 5.02 Å². The molecule has 1 aromatic carbocycles. The van der Waals surface area contributed by atoms with Crippen molar-refractivity contribution in [2.75, 3.05) is 18.1 Å². The van der Waals surface area contributed by atoms with E-state index in [1.54, 1.807) is 41.4 Å². The molecule has 1 fully saturated rings. The molecule has 1 aromatic heterocycles. The summed E-state index contributed by atoms with van der Waals surface area (Å²) < 4.78 is 5.46. The second-order valence-electron chi connectivity index (χ2n) is 6.00. The molecule has 1 N–H and O–H groups in total. The lowest BCUT2D eigenvalue weighted by Crippen LogP contribution is -2.32. The maximum atomic E-state index is 12.5. The SMILES string of the molecule is CCOc1ncccc1CNC(=O)C1CC(=O)N(c2ccc(Cl)cc2)C1.